The highest BCUT2D eigenvalue weighted by Crippen LogP contribution is 2.36. The minimum atomic E-state index is -0.504. The SMILES string of the molecule is C=C(/N=C1\C(=C/C)N(C)C(=O)[C@@](C)(CC)CN1C1CCCCC1)Nc1ccc(C(=O)NC2CCC(O)CC2)cc1CC. The van der Waals surface area contributed by atoms with Crippen molar-refractivity contribution < 1.29 is 14.7 Å². The molecule has 1 aliphatic heterocycles. The standard InChI is InChI=1S/C34H51N5O3/c1-7-24-21-25(32(41)37-26-16-18-28(40)19-17-26)15-20-29(24)35-23(4)36-31-30(8-2)38(6)33(42)34(5,9-3)22-39(31)27-13-11-10-12-14-27/h8,15,20-21,26-28,35,40H,4,7,9-14,16-19,22H2,1-3,5-6H3,(H,37,41)/b30-8+,36-31+/t26?,28?,34-/m0/s1. The Bertz CT molecular complexity index is 1210. The second-order valence-corrected chi connectivity index (χ2v) is 12.6. The van der Waals surface area contributed by atoms with Gasteiger partial charge in [0, 0.05) is 36.9 Å². The molecule has 1 saturated heterocycles. The number of rotatable bonds is 8. The molecule has 1 aromatic carbocycles. The van der Waals surface area contributed by atoms with E-state index < -0.39 is 5.41 Å². The normalized spacial score (nSPS) is 27.7. The Morgan fingerprint density at radius 3 is 2.45 bits per heavy atom. The molecule has 2 saturated carbocycles. The maximum Gasteiger partial charge on any atom is 0.251 e. The number of aliphatic hydroxyl groups is 1. The average Bonchev–Trinajstić information content (AvgIpc) is 3.07. The van der Waals surface area contributed by atoms with Gasteiger partial charge in [0.25, 0.3) is 5.91 Å². The zero-order valence-corrected chi connectivity index (χ0v) is 26.3. The second-order valence-electron chi connectivity index (χ2n) is 12.6. The van der Waals surface area contributed by atoms with E-state index in [1.807, 2.05) is 38.2 Å². The van der Waals surface area contributed by atoms with Gasteiger partial charge >= 0.3 is 0 Å². The molecule has 0 aromatic heterocycles. The molecule has 0 spiro atoms. The van der Waals surface area contributed by atoms with E-state index in [9.17, 15) is 14.7 Å². The minimum absolute atomic E-state index is 0.0808. The molecule has 2 amide bonds. The Morgan fingerprint density at radius 2 is 1.83 bits per heavy atom. The van der Waals surface area contributed by atoms with Gasteiger partial charge in [-0.1, -0.05) is 45.8 Å². The number of benzene rings is 1. The van der Waals surface area contributed by atoms with Crippen LogP contribution in [0.5, 0.6) is 0 Å². The van der Waals surface area contributed by atoms with Crippen LogP contribution in [0.2, 0.25) is 0 Å². The van der Waals surface area contributed by atoms with Crippen LogP contribution in [0.15, 0.2) is 47.4 Å². The summed E-state index contributed by atoms with van der Waals surface area (Å²) in [5.74, 6) is 1.33. The van der Waals surface area contributed by atoms with E-state index in [1.165, 1.54) is 19.3 Å². The summed E-state index contributed by atoms with van der Waals surface area (Å²) in [6.07, 6.45) is 12.1. The third kappa shape index (κ3) is 7.08. The van der Waals surface area contributed by atoms with Crippen LogP contribution < -0.4 is 10.6 Å². The Morgan fingerprint density at radius 1 is 1.14 bits per heavy atom. The first-order valence-corrected chi connectivity index (χ1v) is 16.0. The number of carbonyl (C=O) groups excluding carboxylic acids is 2. The first kappa shape index (κ1) is 31.8. The lowest BCUT2D eigenvalue weighted by Gasteiger charge is -2.39. The van der Waals surface area contributed by atoms with Gasteiger partial charge in [-0.25, -0.2) is 4.99 Å². The molecule has 3 aliphatic rings. The fraction of sp³-hybridized carbons (Fsp3) is 0.618. The van der Waals surface area contributed by atoms with Crippen molar-refractivity contribution in [2.45, 2.75) is 117 Å². The molecule has 8 heteroatoms. The average molecular weight is 578 g/mol. The van der Waals surface area contributed by atoms with Gasteiger partial charge in [-0.15, -0.1) is 0 Å². The number of carbonyl (C=O) groups is 2. The van der Waals surface area contributed by atoms with Crippen LogP contribution in [0.3, 0.4) is 0 Å². The van der Waals surface area contributed by atoms with Gasteiger partial charge in [0.15, 0.2) is 5.84 Å². The van der Waals surface area contributed by atoms with Crippen molar-refractivity contribution in [1.29, 1.82) is 0 Å². The number of hydrogen-bond acceptors (Lipinski definition) is 5. The first-order chi connectivity index (χ1) is 20.1. The number of nitrogens with zero attached hydrogens (tertiary/aromatic N) is 3. The number of nitrogens with one attached hydrogen (secondary N) is 2. The number of amidine groups is 1. The van der Waals surface area contributed by atoms with Crippen LogP contribution in [0.4, 0.5) is 5.69 Å². The molecule has 3 N–H and O–H groups in total. The molecule has 42 heavy (non-hydrogen) atoms. The zero-order chi connectivity index (χ0) is 30.4. The van der Waals surface area contributed by atoms with Gasteiger partial charge in [-0.3, -0.25) is 9.59 Å². The summed E-state index contributed by atoms with van der Waals surface area (Å²) in [5, 5.41) is 16.3. The molecular formula is C34H51N5O3. The molecule has 2 aliphatic carbocycles. The Hall–Kier alpha value is -3.13. The van der Waals surface area contributed by atoms with Crippen LogP contribution in [0.25, 0.3) is 0 Å². The van der Waals surface area contributed by atoms with E-state index in [1.54, 1.807) is 4.90 Å². The Labute approximate surface area is 252 Å². The van der Waals surface area contributed by atoms with Crippen LogP contribution in [-0.2, 0) is 11.2 Å². The maximum absolute atomic E-state index is 13.7. The third-order valence-electron chi connectivity index (χ3n) is 9.57. The maximum atomic E-state index is 13.7. The lowest BCUT2D eigenvalue weighted by Crippen LogP contribution is -2.47. The fourth-order valence-electron chi connectivity index (χ4n) is 6.68. The number of allylic oxidation sites excluding steroid dienone is 1. The summed E-state index contributed by atoms with van der Waals surface area (Å²) < 4.78 is 0. The predicted molar refractivity (Wildman–Crippen MR) is 170 cm³/mol. The summed E-state index contributed by atoms with van der Waals surface area (Å²) >= 11 is 0. The molecule has 0 unspecified atom stereocenters. The minimum Gasteiger partial charge on any atom is -0.393 e. The van der Waals surface area contributed by atoms with Crippen LogP contribution in [0, 0.1) is 5.41 Å². The lowest BCUT2D eigenvalue weighted by molar-refractivity contribution is -0.138. The Kier molecular flexibility index (Phi) is 10.5. The van der Waals surface area contributed by atoms with Crippen molar-refractivity contribution in [3.8, 4) is 0 Å². The topological polar surface area (TPSA) is 97.3 Å². The number of aliphatic hydroxyl groups excluding tert-OH is 1. The quantitative estimate of drug-likeness (QED) is 0.353. The van der Waals surface area contributed by atoms with Crippen molar-refractivity contribution >= 4 is 23.3 Å². The zero-order valence-electron chi connectivity index (χ0n) is 26.3. The van der Waals surface area contributed by atoms with E-state index >= 15 is 0 Å². The first-order valence-electron chi connectivity index (χ1n) is 16.0. The van der Waals surface area contributed by atoms with E-state index in [2.05, 4.69) is 42.9 Å². The highest BCUT2D eigenvalue weighted by atomic mass is 16.3. The van der Waals surface area contributed by atoms with Crippen molar-refractivity contribution in [2.75, 3.05) is 18.9 Å². The molecule has 8 nitrogen and oxygen atoms in total. The molecule has 1 heterocycles. The lowest BCUT2D eigenvalue weighted by atomic mass is 9.84. The Balaban J connectivity index is 1.59. The number of aryl methyl sites for hydroxylation is 1. The highest BCUT2D eigenvalue weighted by Gasteiger charge is 2.44. The summed E-state index contributed by atoms with van der Waals surface area (Å²) in [4.78, 5) is 35.9. The summed E-state index contributed by atoms with van der Waals surface area (Å²) in [6.45, 7) is 13.1. The number of aliphatic imine (C=N–C) groups is 1. The van der Waals surface area contributed by atoms with Crippen molar-refractivity contribution in [2.24, 2.45) is 10.4 Å². The number of likely N-dealkylation sites (N-methyl/N-ethyl adjacent to an activating group) is 1. The molecule has 230 valence electrons. The summed E-state index contributed by atoms with van der Waals surface area (Å²) in [7, 11) is 1.86. The van der Waals surface area contributed by atoms with Gasteiger partial charge in [-0.2, -0.15) is 0 Å². The monoisotopic (exact) mass is 577 g/mol. The molecule has 3 fully saturated rings. The summed E-state index contributed by atoms with van der Waals surface area (Å²) in [6, 6.07) is 6.14. The highest BCUT2D eigenvalue weighted by molar-refractivity contribution is 6.04. The second kappa shape index (κ2) is 13.9. The number of hydrogen-bond donors (Lipinski definition) is 3. The van der Waals surface area contributed by atoms with E-state index in [0.29, 0.717) is 24.0 Å². The van der Waals surface area contributed by atoms with Crippen molar-refractivity contribution in [3.63, 3.8) is 0 Å². The number of anilines is 1. The van der Waals surface area contributed by atoms with Gasteiger partial charge < -0.3 is 25.5 Å². The predicted octanol–water partition coefficient (Wildman–Crippen LogP) is 5.99. The third-order valence-corrected chi connectivity index (χ3v) is 9.57. The van der Waals surface area contributed by atoms with Gasteiger partial charge in [0.1, 0.15) is 5.82 Å². The molecule has 0 radical (unpaired) electrons. The molecule has 4 rings (SSSR count). The molecule has 1 atom stereocenters. The smallest absolute Gasteiger partial charge is 0.251 e. The van der Waals surface area contributed by atoms with Crippen LogP contribution in [-0.4, -0.2) is 64.3 Å². The largest absolute Gasteiger partial charge is 0.393 e. The molecular weight excluding hydrogens is 526 g/mol. The van der Waals surface area contributed by atoms with Gasteiger partial charge in [0.2, 0.25) is 5.91 Å². The molecule has 1 aromatic rings. The van der Waals surface area contributed by atoms with Crippen LogP contribution in [0.1, 0.15) is 108 Å². The fourth-order valence-corrected chi connectivity index (χ4v) is 6.68. The summed E-state index contributed by atoms with van der Waals surface area (Å²) in [5.41, 5.74) is 2.80. The molecule has 0 bridgehead atoms. The van der Waals surface area contributed by atoms with Crippen molar-refractivity contribution in [1.82, 2.24) is 15.1 Å². The van der Waals surface area contributed by atoms with E-state index in [0.717, 1.165) is 74.2 Å². The van der Waals surface area contributed by atoms with Gasteiger partial charge in [-0.05, 0) is 89.0 Å². The van der Waals surface area contributed by atoms with E-state index in [-0.39, 0.29) is 24.0 Å². The number of amides is 2. The van der Waals surface area contributed by atoms with Gasteiger partial charge in [0.05, 0.1) is 17.2 Å². The van der Waals surface area contributed by atoms with Crippen molar-refractivity contribution in [3.05, 3.63) is 53.5 Å². The van der Waals surface area contributed by atoms with E-state index in [4.69, 9.17) is 4.99 Å². The van der Waals surface area contributed by atoms with Crippen LogP contribution >= 0.6 is 0 Å².